The Balaban J connectivity index is 1.92. The molecule has 0 fully saturated rings. The number of benzene rings is 1. The first-order valence-electron chi connectivity index (χ1n) is 5.82. The molecule has 1 aliphatic rings. The quantitative estimate of drug-likeness (QED) is 0.739. The van der Waals surface area contributed by atoms with Crippen LogP contribution in [0.25, 0.3) is 0 Å². The van der Waals surface area contributed by atoms with Gasteiger partial charge in [-0.1, -0.05) is 42.5 Å². The molecule has 1 nitrogen and oxygen atoms in total. The lowest BCUT2D eigenvalue weighted by atomic mass is 9.99. The Kier molecular flexibility index (Phi) is 3.57. The fourth-order valence-corrected chi connectivity index (χ4v) is 2.14. The van der Waals surface area contributed by atoms with Crippen LogP contribution in [-0.4, -0.2) is 6.04 Å². The van der Waals surface area contributed by atoms with Gasteiger partial charge in [0.15, 0.2) is 0 Å². The molecular formula is C14H19N. The maximum Gasteiger partial charge on any atom is 0.0294 e. The first-order valence-corrected chi connectivity index (χ1v) is 5.82. The van der Waals surface area contributed by atoms with Crippen molar-refractivity contribution in [1.29, 1.82) is 0 Å². The Morgan fingerprint density at radius 2 is 2.00 bits per heavy atom. The molecule has 0 heterocycles. The number of allylic oxidation sites excluding steroid dienone is 1. The fraction of sp³-hybridized carbons (Fsp3) is 0.429. The number of rotatable bonds is 3. The smallest absolute Gasteiger partial charge is 0.0294 e. The standard InChI is InChI=1S/C14H19N/c1-12(13-8-4-2-5-9-13)15-14-10-6-3-7-11-14/h2-6,8-9,12,14-15H,7,10-11H2,1H3. The molecule has 0 amide bonds. The van der Waals surface area contributed by atoms with E-state index >= 15 is 0 Å². The van der Waals surface area contributed by atoms with Gasteiger partial charge in [-0.25, -0.2) is 0 Å². The van der Waals surface area contributed by atoms with Gasteiger partial charge in [-0.2, -0.15) is 0 Å². The molecule has 0 saturated heterocycles. The summed E-state index contributed by atoms with van der Waals surface area (Å²) in [4.78, 5) is 0. The minimum absolute atomic E-state index is 0.461. The van der Waals surface area contributed by atoms with Crippen LogP contribution in [-0.2, 0) is 0 Å². The van der Waals surface area contributed by atoms with Crippen LogP contribution in [0.2, 0.25) is 0 Å². The van der Waals surface area contributed by atoms with Crippen molar-refractivity contribution in [3.8, 4) is 0 Å². The van der Waals surface area contributed by atoms with E-state index in [9.17, 15) is 0 Å². The fourth-order valence-electron chi connectivity index (χ4n) is 2.14. The summed E-state index contributed by atoms with van der Waals surface area (Å²) in [7, 11) is 0. The van der Waals surface area contributed by atoms with Gasteiger partial charge in [-0.15, -0.1) is 0 Å². The Labute approximate surface area is 92.2 Å². The van der Waals surface area contributed by atoms with Crippen LogP contribution in [0.1, 0.15) is 37.8 Å². The molecule has 0 aliphatic heterocycles. The lowest BCUT2D eigenvalue weighted by Crippen LogP contribution is -2.32. The van der Waals surface area contributed by atoms with Crippen LogP contribution < -0.4 is 5.32 Å². The minimum atomic E-state index is 0.461. The second-order valence-electron chi connectivity index (χ2n) is 4.28. The van der Waals surface area contributed by atoms with Crippen molar-refractivity contribution < 1.29 is 0 Å². The molecule has 2 rings (SSSR count). The molecule has 0 saturated carbocycles. The van der Waals surface area contributed by atoms with Crippen molar-refractivity contribution in [1.82, 2.24) is 5.32 Å². The molecule has 1 N–H and O–H groups in total. The van der Waals surface area contributed by atoms with Crippen molar-refractivity contribution in [3.05, 3.63) is 48.0 Å². The summed E-state index contributed by atoms with van der Waals surface area (Å²) < 4.78 is 0. The monoisotopic (exact) mass is 201 g/mol. The van der Waals surface area contributed by atoms with E-state index in [0.29, 0.717) is 12.1 Å². The van der Waals surface area contributed by atoms with E-state index in [4.69, 9.17) is 0 Å². The summed E-state index contributed by atoms with van der Waals surface area (Å²) in [6.45, 7) is 2.24. The molecule has 1 heteroatoms. The summed E-state index contributed by atoms with van der Waals surface area (Å²) in [5.74, 6) is 0. The molecule has 0 radical (unpaired) electrons. The molecule has 1 aromatic carbocycles. The van der Waals surface area contributed by atoms with Gasteiger partial charge in [0.1, 0.15) is 0 Å². The predicted molar refractivity (Wildman–Crippen MR) is 64.8 cm³/mol. The van der Waals surface area contributed by atoms with E-state index in [-0.39, 0.29) is 0 Å². The van der Waals surface area contributed by atoms with E-state index in [2.05, 4.69) is 54.7 Å². The summed E-state index contributed by atoms with van der Waals surface area (Å²) >= 11 is 0. The maximum absolute atomic E-state index is 3.68. The lowest BCUT2D eigenvalue weighted by molar-refractivity contribution is 0.426. The maximum atomic E-state index is 3.68. The van der Waals surface area contributed by atoms with Crippen LogP contribution in [0, 0.1) is 0 Å². The Morgan fingerprint density at radius 1 is 1.20 bits per heavy atom. The van der Waals surface area contributed by atoms with Crippen molar-refractivity contribution in [2.75, 3.05) is 0 Å². The average molecular weight is 201 g/mol. The highest BCUT2D eigenvalue weighted by atomic mass is 14.9. The van der Waals surface area contributed by atoms with Crippen LogP contribution in [0.5, 0.6) is 0 Å². The first-order chi connectivity index (χ1) is 7.36. The molecule has 15 heavy (non-hydrogen) atoms. The minimum Gasteiger partial charge on any atom is -0.307 e. The van der Waals surface area contributed by atoms with Crippen molar-refractivity contribution >= 4 is 0 Å². The second kappa shape index (κ2) is 5.13. The third-order valence-electron chi connectivity index (χ3n) is 3.05. The Bertz CT molecular complexity index is 315. The van der Waals surface area contributed by atoms with Gasteiger partial charge in [-0.05, 0) is 31.7 Å². The predicted octanol–water partition coefficient (Wildman–Crippen LogP) is 3.45. The van der Waals surface area contributed by atoms with E-state index < -0.39 is 0 Å². The van der Waals surface area contributed by atoms with Gasteiger partial charge in [0, 0.05) is 12.1 Å². The topological polar surface area (TPSA) is 12.0 Å². The van der Waals surface area contributed by atoms with E-state index in [1.165, 1.54) is 24.8 Å². The van der Waals surface area contributed by atoms with Crippen LogP contribution in [0.4, 0.5) is 0 Å². The van der Waals surface area contributed by atoms with Gasteiger partial charge < -0.3 is 5.32 Å². The summed E-state index contributed by atoms with van der Waals surface area (Å²) in [5.41, 5.74) is 1.38. The number of hydrogen-bond donors (Lipinski definition) is 1. The third kappa shape index (κ3) is 2.93. The SMILES string of the molecule is CC(NC1CC=CCC1)c1ccccc1. The highest BCUT2D eigenvalue weighted by molar-refractivity contribution is 5.18. The van der Waals surface area contributed by atoms with E-state index in [1.807, 2.05) is 0 Å². The van der Waals surface area contributed by atoms with Crippen LogP contribution in [0.3, 0.4) is 0 Å². The molecule has 0 aromatic heterocycles. The van der Waals surface area contributed by atoms with Crippen molar-refractivity contribution in [3.63, 3.8) is 0 Å². The lowest BCUT2D eigenvalue weighted by Gasteiger charge is -2.24. The molecule has 1 aromatic rings. The number of nitrogens with one attached hydrogen (secondary N) is 1. The average Bonchev–Trinajstić information content (AvgIpc) is 2.31. The van der Waals surface area contributed by atoms with Crippen molar-refractivity contribution in [2.45, 2.75) is 38.3 Å². The largest absolute Gasteiger partial charge is 0.307 e. The van der Waals surface area contributed by atoms with E-state index in [0.717, 1.165) is 0 Å². The molecule has 80 valence electrons. The van der Waals surface area contributed by atoms with Gasteiger partial charge in [0.25, 0.3) is 0 Å². The zero-order chi connectivity index (χ0) is 10.5. The summed E-state index contributed by atoms with van der Waals surface area (Å²) in [6, 6.07) is 11.8. The van der Waals surface area contributed by atoms with Gasteiger partial charge in [0.2, 0.25) is 0 Å². The molecule has 0 bridgehead atoms. The molecule has 2 atom stereocenters. The van der Waals surface area contributed by atoms with Crippen LogP contribution >= 0.6 is 0 Å². The molecular weight excluding hydrogens is 182 g/mol. The normalized spacial score (nSPS) is 22.6. The second-order valence-corrected chi connectivity index (χ2v) is 4.28. The number of hydrogen-bond acceptors (Lipinski definition) is 1. The molecule has 2 unspecified atom stereocenters. The van der Waals surface area contributed by atoms with Crippen molar-refractivity contribution in [2.24, 2.45) is 0 Å². The Morgan fingerprint density at radius 3 is 2.67 bits per heavy atom. The van der Waals surface area contributed by atoms with Gasteiger partial charge >= 0.3 is 0 Å². The van der Waals surface area contributed by atoms with Gasteiger partial charge in [-0.3, -0.25) is 0 Å². The zero-order valence-electron chi connectivity index (χ0n) is 9.32. The summed E-state index contributed by atoms with van der Waals surface area (Å²) in [6.07, 6.45) is 8.24. The Hall–Kier alpha value is -1.08. The van der Waals surface area contributed by atoms with Gasteiger partial charge in [0.05, 0.1) is 0 Å². The van der Waals surface area contributed by atoms with E-state index in [1.54, 1.807) is 0 Å². The highest BCUT2D eigenvalue weighted by Crippen LogP contribution is 2.17. The molecule has 0 spiro atoms. The zero-order valence-corrected chi connectivity index (χ0v) is 9.32. The summed E-state index contributed by atoms with van der Waals surface area (Å²) in [5, 5.41) is 3.68. The first kappa shape index (κ1) is 10.4. The highest BCUT2D eigenvalue weighted by Gasteiger charge is 2.13. The molecule has 1 aliphatic carbocycles. The third-order valence-corrected chi connectivity index (χ3v) is 3.05. The van der Waals surface area contributed by atoms with Crippen LogP contribution in [0.15, 0.2) is 42.5 Å².